The van der Waals surface area contributed by atoms with E-state index >= 15 is 0 Å². The molecule has 1 N–H and O–H groups in total. The maximum Gasteiger partial charge on any atom is 0.0545 e. The molecule has 0 amide bonds. The molecule has 12 heavy (non-hydrogen) atoms. The molecule has 1 unspecified atom stereocenters. The van der Waals surface area contributed by atoms with Crippen LogP contribution in [0, 0.1) is 11.8 Å². The van der Waals surface area contributed by atoms with Crippen LogP contribution in [-0.4, -0.2) is 11.2 Å². The molecule has 0 bridgehead atoms. The highest BCUT2D eigenvalue weighted by Gasteiger charge is 2.20. The Morgan fingerprint density at radius 3 is 2.17 bits per heavy atom. The van der Waals surface area contributed by atoms with Crippen molar-refractivity contribution < 1.29 is 5.11 Å². The van der Waals surface area contributed by atoms with Crippen LogP contribution in [-0.2, 0) is 0 Å². The van der Waals surface area contributed by atoms with Crippen LogP contribution in [0.1, 0.15) is 40.5 Å². The lowest BCUT2D eigenvalue weighted by Crippen LogP contribution is -2.23. The predicted molar refractivity (Wildman–Crippen MR) is 54.1 cm³/mol. The smallest absolute Gasteiger partial charge is 0.0545 e. The summed E-state index contributed by atoms with van der Waals surface area (Å²) in [4.78, 5) is 0. The molecule has 0 fully saturated rings. The summed E-state index contributed by atoms with van der Waals surface area (Å²) in [5.41, 5.74) is 1.17. The van der Waals surface area contributed by atoms with Crippen LogP contribution in [0.3, 0.4) is 0 Å². The average Bonchev–Trinajstić information content (AvgIpc) is 1.98. The highest BCUT2D eigenvalue weighted by Crippen LogP contribution is 2.25. The number of aliphatic hydroxyl groups excluding tert-OH is 1. The molecule has 0 rings (SSSR count). The van der Waals surface area contributed by atoms with Gasteiger partial charge in [-0.3, -0.25) is 0 Å². The van der Waals surface area contributed by atoms with Gasteiger partial charge in [0.2, 0.25) is 0 Å². The first-order chi connectivity index (χ1) is 5.49. The monoisotopic (exact) mass is 170 g/mol. The topological polar surface area (TPSA) is 20.2 Å². The van der Waals surface area contributed by atoms with Gasteiger partial charge in [0, 0.05) is 0 Å². The minimum atomic E-state index is -0.211. The molecule has 0 aromatic rings. The number of hydrogen-bond acceptors (Lipinski definition) is 1. The lowest BCUT2D eigenvalue weighted by atomic mass is 9.83. The highest BCUT2D eigenvalue weighted by atomic mass is 16.3. The Bertz CT molecular complexity index is 138. The van der Waals surface area contributed by atoms with Gasteiger partial charge in [0.1, 0.15) is 0 Å². The Balaban J connectivity index is 4.12. The Morgan fingerprint density at radius 1 is 1.42 bits per heavy atom. The van der Waals surface area contributed by atoms with Crippen LogP contribution in [0.4, 0.5) is 0 Å². The number of rotatable bonds is 5. The summed E-state index contributed by atoms with van der Waals surface area (Å²) in [6.07, 6.45) is 1.87. The maximum absolute atomic E-state index is 9.52. The van der Waals surface area contributed by atoms with Gasteiger partial charge in [-0.25, -0.2) is 0 Å². The molecule has 0 aliphatic carbocycles. The highest BCUT2D eigenvalue weighted by molar-refractivity contribution is 4.92. The molecular formula is C11H22O. The Labute approximate surface area is 76.5 Å². The minimum absolute atomic E-state index is 0.211. The van der Waals surface area contributed by atoms with Gasteiger partial charge in [0.25, 0.3) is 0 Å². The predicted octanol–water partition coefficient (Wildman–Crippen LogP) is 3.00. The fourth-order valence-corrected chi connectivity index (χ4v) is 1.55. The normalized spacial score (nSPS) is 18.4. The summed E-state index contributed by atoms with van der Waals surface area (Å²) in [5.74, 6) is 0.967. The molecule has 0 saturated heterocycles. The SMILES string of the molecule is C=C(C)C[C@H](C(C)O)[C@@H](C)CC. The van der Waals surface area contributed by atoms with Gasteiger partial charge in [0.05, 0.1) is 6.10 Å². The van der Waals surface area contributed by atoms with E-state index in [9.17, 15) is 5.11 Å². The lowest BCUT2D eigenvalue weighted by molar-refractivity contribution is 0.0911. The third-order valence-electron chi connectivity index (χ3n) is 2.58. The fraction of sp³-hybridized carbons (Fsp3) is 0.818. The first kappa shape index (κ1) is 11.7. The molecule has 0 heterocycles. The van der Waals surface area contributed by atoms with E-state index in [-0.39, 0.29) is 6.10 Å². The van der Waals surface area contributed by atoms with Gasteiger partial charge in [-0.1, -0.05) is 25.8 Å². The summed E-state index contributed by atoms with van der Waals surface area (Å²) < 4.78 is 0. The minimum Gasteiger partial charge on any atom is -0.393 e. The van der Waals surface area contributed by atoms with E-state index in [0.717, 1.165) is 12.8 Å². The third kappa shape index (κ3) is 3.91. The van der Waals surface area contributed by atoms with Crippen LogP contribution < -0.4 is 0 Å². The van der Waals surface area contributed by atoms with E-state index in [1.807, 2.05) is 13.8 Å². The van der Waals surface area contributed by atoms with Crippen molar-refractivity contribution in [2.24, 2.45) is 11.8 Å². The average molecular weight is 170 g/mol. The van der Waals surface area contributed by atoms with Gasteiger partial charge >= 0.3 is 0 Å². The van der Waals surface area contributed by atoms with Crippen LogP contribution in [0.5, 0.6) is 0 Å². The Kier molecular flexibility index (Phi) is 5.23. The molecule has 1 nitrogen and oxygen atoms in total. The van der Waals surface area contributed by atoms with Gasteiger partial charge in [-0.15, -0.1) is 6.58 Å². The second kappa shape index (κ2) is 5.36. The van der Waals surface area contributed by atoms with E-state index in [0.29, 0.717) is 11.8 Å². The van der Waals surface area contributed by atoms with Crippen LogP contribution in [0.25, 0.3) is 0 Å². The zero-order valence-electron chi connectivity index (χ0n) is 8.80. The molecule has 0 aliphatic rings. The molecule has 0 spiro atoms. The second-order valence-electron chi connectivity index (χ2n) is 3.95. The first-order valence-electron chi connectivity index (χ1n) is 4.81. The van der Waals surface area contributed by atoms with Crippen molar-refractivity contribution >= 4 is 0 Å². The number of hydrogen-bond donors (Lipinski definition) is 1. The summed E-state index contributed by atoms with van der Waals surface area (Å²) in [7, 11) is 0. The molecule has 0 aromatic heterocycles. The number of allylic oxidation sites excluding steroid dienone is 1. The van der Waals surface area contributed by atoms with E-state index in [1.54, 1.807) is 0 Å². The van der Waals surface area contributed by atoms with Crippen molar-refractivity contribution in [3.63, 3.8) is 0 Å². The van der Waals surface area contributed by atoms with Crippen molar-refractivity contribution in [3.8, 4) is 0 Å². The van der Waals surface area contributed by atoms with E-state index in [2.05, 4.69) is 20.4 Å². The maximum atomic E-state index is 9.52. The van der Waals surface area contributed by atoms with Crippen molar-refractivity contribution in [1.82, 2.24) is 0 Å². The number of aliphatic hydroxyl groups is 1. The van der Waals surface area contributed by atoms with E-state index in [1.165, 1.54) is 5.57 Å². The summed E-state index contributed by atoms with van der Waals surface area (Å²) >= 11 is 0. The fourth-order valence-electron chi connectivity index (χ4n) is 1.55. The summed E-state index contributed by atoms with van der Waals surface area (Å²) in [5, 5.41) is 9.52. The van der Waals surface area contributed by atoms with Crippen LogP contribution >= 0.6 is 0 Å². The third-order valence-corrected chi connectivity index (χ3v) is 2.58. The lowest BCUT2D eigenvalue weighted by Gasteiger charge is -2.25. The van der Waals surface area contributed by atoms with Gasteiger partial charge in [-0.05, 0) is 32.1 Å². The van der Waals surface area contributed by atoms with Crippen LogP contribution in [0.15, 0.2) is 12.2 Å². The van der Waals surface area contributed by atoms with Gasteiger partial charge in [0.15, 0.2) is 0 Å². The second-order valence-corrected chi connectivity index (χ2v) is 3.95. The molecule has 0 radical (unpaired) electrons. The van der Waals surface area contributed by atoms with Gasteiger partial charge in [-0.2, -0.15) is 0 Å². The largest absolute Gasteiger partial charge is 0.393 e. The summed E-state index contributed by atoms with van der Waals surface area (Å²) in [6, 6.07) is 0. The zero-order chi connectivity index (χ0) is 9.72. The standard InChI is InChI=1S/C11H22O/c1-6-9(4)11(10(5)12)7-8(2)3/h9-12H,2,6-7H2,1,3-5H3/t9-,10?,11-/m0/s1. The Hall–Kier alpha value is -0.300. The molecule has 0 aliphatic heterocycles. The van der Waals surface area contributed by atoms with Crippen molar-refractivity contribution in [3.05, 3.63) is 12.2 Å². The van der Waals surface area contributed by atoms with Crippen molar-refractivity contribution in [2.75, 3.05) is 0 Å². The molecule has 3 atom stereocenters. The van der Waals surface area contributed by atoms with Gasteiger partial charge < -0.3 is 5.11 Å². The zero-order valence-corrected chi connectivity index (χ0v) is 8.80. The van der Waals surface area contributed by atoms with E-state index in [4.69, 9.17) is 0 Å². The molecule has 1 heteroatoms. The molecule has 72 valence electrons. The summed E-state index contributed by atoms with van der Waals surface area (Å²) in [6.45, 7) is 12.1. The molecule has 0 saturated carbocycles. The first-order valence-corrected chi connectivity index (χ1v) is 4.81. The van der Waals surface area contributed by atoms with E-state index < -0.39 is 0 Å². The molecular weight excluding hydrogens is 148 g/mol. The van der Waals surface area contributed by atoms with Crippen LogP contribution in [0.2, 0.25) is 0 Å². The van der Waals surface area contributed by atoms with Crippen molar-refractivity contribution in [2.45, 2.75) is 46.6 Å². The van der Waals surface area contributed by atoms with Crippen molar-refractivity contribution in [1.29, 1.82) is 0 Å². The Morgan fingerprint density at radius 2 is 1.92 bits per heavy atom. The molecule has 0 aromatic carbocycles. The quantitative estimate of drug-likeness (QED) is 0.629.